The van der Waals surface area contributed by atoms with E-state index in [1.165, 1.54) is 12.1 Å². The van der Waals surface area contributed by atoms with E-state index in [0.29, 0.717) is 15.7 Å². The highest BCUT2D eigenvalue weighted by atomic mass is 79.9. The van der Waals surface area contributed by atoms with Crippen LogP contribution in [-0.4, -0.2) is 15.3 Å². The first-order valence-corrected chi connectivity index (χ1v) is 9.02. The standard InChI is InChI=1S/C19H10BrN5O3/c20-9-5-6-14-12(7-9)19(18(28)23-14)13(8-21)15(22)24-16(26)10-3-1-2-4-11(10)17(27)25(19)24/h1-7H,22H2,(H,23,28). The molecule has 2 aliphatic rings. The van der Waals surface area contributed by atoms with Crippen molar-refractivity contribution in [3.63, 3.8) is 0 Å². The van der Waals surface area contributed by atoms with Gasteiger partial charge in [-0.15, -0.1) is 0 Å². The van der Waals surface area contributed by atoms with Crippen LogP contribution in [0.3, 0.4) is 0 Å². The van der Waals surface area contributed by atoms with Crippen LogP contribution in [0, 0.1) is 11.3 Å². The normalized spacial score (nSPS) is 19.6. The number of nitrogens with zero attached hydrogens (tertiary/aromatic N) is 3. The third-order valence-electron chi connectivity index (χ3n) is 5.20. The van der Waals surface area contributed by atoms with Gasteiger partial charge in [-0.25, -0.2) is 4.68 Å². The van der Waals surface area contributed by atoms with Gasteiger partial charge in [0.1, 0.15) is 17.5 Å². The van der Waals surface area contributed by atoms with Crippen molar-refractivity contribution < 1.29 is 4.79 Å². The van der Waals surface area contributed by atoms with Crippen LogP contribution < -0.4 is 22.2 Å². The van der Waals surface area contributed by atoms with Crippen LogP contribution in [0.5, 0.6) is 0 Å². The van der Waals surface area contributed by atoms with Crippen molar-refractivity contribution in [3.05, 3.63) is 78.8 Å². The molecule has 0 radical (unpaired) electrons. The van der Waals surface area contributed by atoms with Crippen LogP contribution in [0.25, 0.3) is 16.6 Å². The van der Waals surface area contributed by atoms with Gasteiger partial charge < -0.3 is 11.1 Å². The molecule has 9 heteroatoms. The summed E-state index contributed by atoms with van der Waals surface area (Å²) in [5.41, 5.74) is 3.77. The second kappa shape index (κ2) is 5.21. The largest absolute Gasteiger partial charge is 0.383 e. The maximum absolute atomic E-state index is 13.4. The Morgan fingerprint density at radius 1 is 1.07 bits per heavy atom. The van der Waals surface area contributed by atoms with Crippen LogP contribution in [-0.2, 0) is 10.3 Å². The number of nitrogens with one attached hydrogen (secondary N) is 1. The van der Waals surface area contributed by atoms with Gasteiger partial charge in [0.15, 0.2) is 0 Å². The van der Waals surface area contributed by atoms with Crippen molar-refractivity contribution in [1.29, 1.82) is 5.26 Å². The van der Waals surface area contributed by atoms with Crippen molar-refractivity contribution in [2.75, 3.05) is 5.32 Å². The van der Waals surface area contributed by atoms with Crippen molar-refractivity contribution in [2.24, 2.45) is 5.73 Å². The lowest BCUT2D eigenvalue weighted by Crippen LogP contribution is -2.50. The molecular weight excluding hydrogens is 426 g/mol. The van der Waals surface area contributed by atoms with E-state index in [-0.39, 0.29) is 22.2 Å². The van der Waals surface area contributed by atoms with E-state index in [9.17, 15) is 19.6 Å². The molecule has 1 aromatic heterocycles. The van der Waals surface area contributed by atoms with Crippen LogP contribution in [0.1, 0.15) is 5.56 Å². The molecule has 2 aliphatic heterocycles. The van der Waals surface area contributed by atoms with Crippen LogP contribution in [0.2, 0.25) is 0 Å². The summed E-state index contributed by atoms with van der Waals surface area (Å²) < 4.78 is 2.57. The number of anilines is 1. The Balaban J connectivity index is 2.08. The highest BCUT2D eigenvalue weighted by Gasteiger charge is 2.59. The van der Waals surface area contributed by atoms with Crippen molar-refractivity contribution in [2.45, 2.75) is 5.54 Å². The number of carbonyl (C=O) groups excluding carboxylic acids is 1. The highest BCUT2D eigenvalue weighted by Crippen LogP contribution is 2.47. The maximum atomic E-state index is 13.4. The average Bonchev–Trinajstić information content (AvgIpc) is 3.12. The quantitative estimate of drug-likeness (QED) is 0.550. The Bertz CT molecular complexity index is 1440. The first-order chi connectivity index (χ1) is 13.4. The maximum Gasteiger partial charge on any atom is 0.279 e. The Kier molecular flexibility index (Phi) is 3.07. The molecule has 3 aromatic rings. The predicted octanol–water partition coefficient (Wildman–Crippen LogP) is 1.29. The number of carbonyl (C=O) groups is 1. The van der Waals surface area contributed by atoms with Gasteiger partial charge in [0, 0.05) is 15.7 Å². The van der Waals surface area contributed by atoms with Gasteiger partial charge in [0.25, 0.3) is 17.0 Å². The molecule has 0 saturated carbocycles. The Labute approximate surface area is 165 Å². The lowest BCUT2D eigenvalue weighted by molar-refractivity contribution is -0.120. The van der Waals surface area contributed by atoms with Crippen LogP contribution in [0.15, 0.2) is 62.1 Å². The molecule has 8 nitrogen and oxygen atoms in total. The minimum absolute atomic E-state index is 0.145. The molecule has 3 heterocycles. The van der Waals surface area contributed by atoms with Gasteiger partial charge in [0.05, 0.1) is 10.8 Å². The Hall–Kier alpha value is -3.64. The SMILES string of the molecule is N#CC1=C(N)n2c(=O)c3ccccc3c(=O)n2C12C(=O)Nc1ccc(Br)cc12. The number of benzene rings is 2. The summed E-state index contributed by atoms with van der Waals surface area (Å²) >= 11 is 3.36. The molecule has 0 aliphatic carbocycles. The Morgan fingerprint density at radius 3 is 2.43 bits per heavy atom. The molecule has 2 aromatic carbocycles. The fourth-order valence-corrected chi connectivity index (χ4v) is 4.40. The summed E-state index contributed by atoms with van der Waals surface area (Å²) in [6, 6.07) is 13.3. The molecule has 1 unspecified atom stereocenters. The zero-order valence-corrected chi connectivity index (χ0v) is 15.6. The van der Waals surface area contributed by atoms with E-state index >= 15 is 0 Å². The van der Waals surface area contributed by atoms with Gasteiger partial charge in [-0.3, -0.25) is 14.4 Å². The molecule has 1 amide bonds. The summed E-state index contributed by atoms with van der Waals surface area (Å²) in [5.74, 6) is -0.860. The second-order valence-corrected chi connectivity index (χ2v) is 7.42. The van der Waals surface area contributed by atoms with E-state index in [1.54, 1.807) is 30.3 Å². The number of halogens is 1. The molecule has 0 bridgehead atoms. The number of aromatic nitrogens is 2. The van der Waals surface area contributed by atoms with Crippen molar-refractivity contribution in [3.8, 4) is 6.07 Å². The molecule has 136 valence electrons. The zero-order chi connectivity index (χ0) is 19.8. The van der Waals surface area contributed by atoms with Gasteiger partial charge in [-0.05, 0) is 30.3 Å². The summed E-state index contributed by atoms with van der Waals surface area (Å²) in [7, 11) is 0. The molecule has 3 N–H and O–H groups in total. The minimum atomic E-state index is -1.85. The fraction of sp³-hybridized carbons (Fsp3) is 0.0526. The third kappa shape index (κ3) is 1.66. The van der Waals surface area contributed by atoms with E-state index in [0.717, 1.165) is 9.36 Å². The Morgan fingerprint density at radius 2 is 1.75 bits per heavy atom. The van der Waals surface area contributed by atoms with Crippen molar-refractivity contribution in [1.82, 2.24) is 9.36 Å². The monoisotopic (exact) mass is 435 g/mol. The predicted molar refractivity (Wildman–Crippen MR) is 105 cm³/mol. The van der Waals surface area contributed by atoms with Crippen LogP contribution >= 0.6 is 15.9 Å². The first kappa shape index (κ1) is 16.5. The van der Waals surface area contributed by atoms with E-state index in [4.69, 9.17) is 5.73 Å². The molecule has 1 spiro atoms. The first-order valence-electron chi connectivity index (χ1n) is 8.22. The number of nitrogens with two attached hydrogens (primary N) is 1. The number of nitriles is 1. The average molecular weight is 436 g/mol. The van der Waals surface area contributed by atoms with E-state index in [1.807, 2.05) is 6.07 Å². The molecular formula is C19H10BrN5O3. The van der Waals surface area contributed by atoms with Gasteiger partial charge in [-0.2, -0.15) is 9.94 Å². The summed E-state index contributed by atoms with van der Waals surface area (Å²) in [5, 5.41) is 12.9. The third-order valence-corrected chi connectivity index (χ3v) is 5.69. The molecule has 0 saturated heterocycles. The van der Waals surface area contributed by atoms with Gasteiger partial charge >= 0.3 is 0 Å². The zero-order valence-electron chi connectivity index (χ0n) is 14.1. The summed E-state index contributed by atoms with van der Waals surface area (Å²) in [6.45, 7) is 0. The summed E-state index contributed by atoms with van der Waals surface area (Å²) in [6.07, 6.45) is 0. The number of fused-ring (bicyclic) bond motifs is 5. The number of hydrogen-bond donors (Lipinski definition) is 2. The molecule has 0 fully saturated rings. The minimum Gasteiger partial charge on any atom is -0.383 e. The highest BCUT2D eigenvalue weighted by molar-refractivity contribution is 9.10. The van der Waals surface area contributed by atoms with Crippen LogP contribution in [0.4, 0.5) is 5.69 Å². The number of hydrogen-bond acceptors (Lipinski definition) is 5. The lowest BCUT2D eigenvalue weighted by atomic mass is 9.84. The smallest absolute Gasteiger partial charge is 0.279 e. The molecule has 1 atom stereocenters. The summed E-state index contributed by atoms with van der Waals surface area (Å²) in [4.78, 5) is 39.7. The van der Waals surface area contributed by atoms with Gasteiger partial charge in [-0.1, -0.05) is 28.1 Å². The van der Waals surface area contributed by atoms with E-state index in [2.05, 4.69) is 21.2 Å². The van der Waals surface area contributed by atoms with Crippen molar-refractivity contribution >= 4 is 44.1 Å². The molecule has 28 heavy (non-hydrogen) atoms. The molecule has 5 rings (SSSR count). The second-order valence-electron chi connectivity index (χ2n) is 6.51. The number of amides is 1. The van der Waals surface area contributed by atoms with Gasteiger partial charge in [0.2, 0.25) is 5.54 Å². The fourth-order valence-electron chi connectivity index (χ4n) is 4.04. The topological polar surface area (TPSA) is 123 Å². The lowest BCUT2D eigenvalue weighted by Gasteiger charge is -2.25. The van der Waals surface area contributed by atoms with E-state index < -0.39 is 22.6 Å². The number of rotatable bonds is 0.